The molecule has 35 heavy (non-hydrogen) atoms. The van der Waals surface area contributed by atoms with Crippen LogP contribution in [0.25, 0.3) is 0 Å². The van der Waals surface area contributed by atoms with Crippen LogP contribution in [0.5, 0.6) is 0 Å². The lowest BCUT2D eigenvalue weighted by atomic mass is 9.95. The van der Waals surface area contributed by atoms with Crippen molar-refractivity contribution in [3.63, 3.8) is 0 Å². The van der Waals surface area contributed by atoms with Crippen molar-refractivity contribution in [2.75, 3.05) is 21.7 Å². The van der Waals surface area contributed by atoms with E-state index in [2.05, 4.69) is 26.3 Å². The van der Waals surface area contributed by atoms with Crippen LogP contribution in [-0.2, 0) is 9.59 Å². The van der Waals surface area contributed by atoms with Crippen molar-refractivity contribution in [3.8, 4) is 0 Å². The van der Waals surface area contributed by atoms with Crippen LogP contribution in [0.3, 0.4) is 0 Å². The topological polar surface area (TPSA) is 165 Å². The van der Waals surface area contributed by atoms with Crippen LogP contribution >= 0.6 is 0 Å². The van der Waals surface area contributed by atoms with Gasteiger partial charge in [-0.1, -0.05) is 34.6 Å². The second-order valence-electron chi connectivity index (χ2n) is 7.74. The maximum Gasteiger partial charge on any atom is 0.255 e. The zero-order chi connectivity index (χ0) is 24.9. The smallest absolute Gasteiger partial charge is 0.255 e. The Kier molecular flexibility index (Phi) is 6.58. The number of rotatable bonds is 7. The SMILES string of the molecule is Cc1cc(NC(=O)C(C(=O)Nc2cc(C)no2)c2ccc(C(=O)Nc3ccccc3N)cc2)on1. The first-order valence-electron chi connectivity index (χ1n) is 10.5. The summed E-state index contributed by atoms with van der Waals surface area (Å²) in [6.45, 7) is 3.39. The second-order valence-corrected chi connectivity index (χ2v) is 7.74. The molecule has 5 N–H and O–H groups in total. The zero-order valence-corrected chi connectivity index (χ0v) is 18.9. The Balaban J connectivity index is 1.56. The van der Waals surface area contributed by atoms with Gasteiger partial charge in [-0.2, -0.15) is 0 Å². The van der Waals surface area contributed by atoms with Crippen molar-refractivity contribution in [1.82, 2.24) is 10.3 Å². The highest BCUT2D eigenvalue weighted by Crippen LogP contribution is 2.23. The molecule has 0 spiro atoms. The lowest BCUT2D eigenvalue weighted by Crippen LogP contribution is -2.32. The lowest BCUT2D eigenvalue weighted by Gasteiger charge is -2.16. The number of hydrogen-bond donors (Lipinski definition) is 4. The van der Waals surface area contributed by atoms with Crippen molar-refractivity contribution >= 4 is 40.9 Å². The van der Waals surface area contributed by atoms with E-state index in [4.69, 9.17) is 14.8 Å². The van der Waals surface area contributed by atoms with Gasteiger partial charge in [-0.25, -0.2) is 0 Å². The molecule has 11 heteroatoms. The van der Waals surface area contributed by atoms with E-state index in [1.54, 1.807) is 38.1 Å². The quantitative estimate of drug-likeness (QED) is 0.233. The number of benzene rings is 2. The molecule has 0 radical (unpaired) electrons. The highest BCUT2D eigenvalue weighted by Gasteiger charge is 2.30. The number of nitrogens with zero attached hydrogens (tertiary/aromatic N) is 2. The van der Waals surface area contributed by atoms with Crippen LogP contribution in [0.4, 0.5) is 23.1 Å². The highest BCUT2D eigenvalue weighted by molar-refractivity contribution is 6.14. The van der Waals surface area contributed by atoms with Crippen molar-refractivity contribution in [3.05, 3.63) is 83.2 Å². The molecule has 0 aliphatic carbocycles. The van der Waals surface area contributed by atoms with Crippen LogP contribution in [0.1, 0.15) is 33.2 Å². The summed E-state index contributed by atoms with van der Waals surface area (Å²) in [6, 6.07) is 16.0. The van der Waals surface area contributed by atoms with Crippen molar-refractivity contribution in [2.45, 2.75) is 19.8 Å². The van der Waals surface area contributed by atoms with E-state index >= 15 is 0 Å². The number of amides is 3. The van der Waals surface area contributed by atoms with Gasteiger partial charge in [0.05, 0.1) is 22.8 Å². The first-order valence-corrected chi connectivity index (χ1v) is 10.5. The van der Waals surface area contributed by atoms with Gasteiger partial charge in [-0.15, -0.1) is 0 Å². The molecule has 4 rings (SSSR count). The van der Waals surface area contributed by atoms with E-state index < -0.39 is 23.6 Å². The number of carbonyl (C=O) groups is 3. The van der Waals surface area contributed by atoms with Crippen LogP contribution in [0.2, 0.25) is 0 Å². The molecular weight excluding hydrogens is 452 g/mol. The summed E-state index contributed by atoms with van der Waals surface area (Å²) in [5, 5.41) is 15.3. The number of hydrogen-bond acceptors (Lipinski definition) is 8. The Morgan fingerprint density at radius 3 is 1.83 bits per heavy atom. The summed E-state index contributed by atoms with van der Waals surface area (Å²) in [7, 11) is 0. The number of para-hydroxylation sites is 2. The number of aromatic nitrogens is 2. The van der Waals surface area contributed by atoms with Gasteiger partial charge in [0.15, 0.2) is 0 Å². The predicted octanol–water partition coefficient (Wildman–Crippen LogP) is 3.47. The molecule has 0 aliphatic heterocycles. The maximum absolute atomic E-state index is 13.1. The number of nitrogen functional groups attached to an aromatic ring is 1. The Labute approximate surface area is 199 Å². The van der Waals surface area contributed by atoms with Gasteiger partial charge in [0.1, 0.15) is 5.92 Å². The molecule has 178 valence electrons. The van der Waals surface area contributed by atoms with E-state index in [1.165, 1.54) is 36.4 Å². The first kappa shape index (κ1) is 23.2. The summed E-state index contributed by atoms with van der Waals surface area (Å²) in [4.78, 5) is 38.8. The van der Waals surface area contributed by atoms with Gasteiger partial charge < -0.3 is 20.1 Å². The average molecular weight is 474 g/mol. The van der Waals surface area contributed by atoms with Crippen molar-refractivity contribution in [2.24, 2.45) is 0 Å². The Morgan fingerprint density at radius 1 is 0.800 bits per heavy atom. The average Bonchev–Trinajstić information content (AvgIpc) is 3.43. The van der Waals surface area contributed by atoms with Gasteiger partial charge in [-0.3, -0.25) is 25.0 Å². The monoisotopic (exact) mass is 474 g/mol. The normalized spacial score (nSPS) is 10.7. The van der Waals surface area contributed by atoms with Gasteiger partial charge in [0.25, 0.3) is 5.91 Å². The molecule has 0 saturated carbocycles. The standard InChI is InChI=1S/C24H22N6O5/c1-13-11-19(34-29-13)27-23(32)21(24(33)28-20-12-14(2)30-35-20)15-7-9-16(10-8-15)22(31)26-18-6-4-3-5-17(18)25/h3-12,21H,25H2,1-2H3,(H,26,31)(H,27,32)(H,28,33). The third-order valence-electron chi connectivity index (χ3n) is 4.99. The molecule has 11 nitrogen and oxygen atoms in total. The van der Waals surface area contributed by atoms with Crippen LogP contribution < -0.4 is 21.7 Å². The molecule has 2 heterocycles. The van der Waals surface area contributed by atoms with Gasteiger partial charge in [-0.05, 0) is 43.7 Å². The van der Waals surface area contributed by atoms with Crippen molar-refractivity contribution in [1.29, 1.82) is 0 Å². The third kappa shape index (κ3) is 5.53. The highest BCUT2D eigenvalue weighted by atomic mass is 16.5. The molecule has 0 saturated heterocycles. The summed E-state index contributed by atoms with van der Waals surface area (Å²) in [5.74, 6) is -2.83. The fourth-order valence-electron chi connectivity index (χ4n) is 3.29. The molecule has 3 amide bonds. The first-order chi connectivity index (χ1) is 16.8. The molecule has 2 aromatic carbocycles. The molecule has 0 aliphatic rings. The molecule has 0 unspecified atom stereocenters. The van der Waals surface area contributed by atoms with Crippen LogP contribution in [-0.4, -0.2) is 28.0 Å². The van der Waals surface area contributed by atoms with E-state index in [9.17, 15) is 14.4 Å². The largest absolute Gasteiger partial charge is 0.397 e. The number of nitrogens with two attached hydrogens (primary N) is 1. The van der Waals surface area contributed by atoms with Gasteiger partial charge in [0.2, 0.25) is 23.6 Å². The number of aryl methyl sites for hydroxylation is 2. The maximum atomic E-state index is 13.1. The number of carbonyl (C=O) groups excluding carboxylic acids is 3. The van der Waals surface area contributed by atoms with Crippen LogP contribution in [0.15, 0.2) is 69.7 Å². The zero-order valence-electron chi connectivity index (χ0n) is 18.9. The number of anilines is 4. The summed E-state index contributed by atoms with van der Waals surface area (Å²) in [6.07, 6.45) is 0. The summed E-state index contributed by atoms with van der Waals surface area (Å²) < 4.78 is 10.1. The third-order valence-corrected chi connectivity index (χ3v) is 4.99. The Morgan fingerprint density at radius 2 is 1.34 bits per heavy atom. The van der Waals surface area contributed by atoms with E-state index in [0.717, 1.165) is 0 Å². The predicted molar refractivity (Wildman–Crippen MR) is 128 cm³/mol. The second kappa shape index (κ2) is 9.91. The van der Waals surface area contributed by atoms with Gasteiger partial charge >= 0.3 is 0 Å². The van der Waals surface area contributed by atoms with Crippen LogP contribution in [0, 0.1) is 13.8 Å². The molecule has 0 fully saturated rings. The van der Waals surface area contributed by atoms with E-state index in [0.29, 0.717) is 33.9 Å². The minimum atomic E-state index is -1.30. The Hall–Kier alpha value is -4.93. The Bertz CT molecular complexity index is 1320. The van der Waals surface area contributed by atoms with Crippen molar-refractivity contribution < 1.29 is 23.4 Å². The molecule has 0 bridgehead atoms. The minimum Gasteiger partial charge on any atom is -0.397 e. The number of nitrogens with one attached hydrogen (secondary N) is 3. The minimum absolute atomic E-state index is 0.0947. The molecular formula is C24H22N6O5. The fraction of sp³-hybridized carbons (Fsp3) is 0.125. The lowest BCUT2D eigenvalue weighted by molar-refractivity contribution is -0.126. The molecule has 0 atom stereocenters. The molecule has 2 aromatic heterocycles. The molecule has 4 aromatic rings. The summed E-state index contributed by atoms with van der Waals surface area (Å²) in [5.41, 5.74) is 8.56. The van der Waals surface area contributed by atoms with E-state index in [-0.39, 0.29) is 11.8 Å². The fourth-order valence-corrected chi connectivity index (χ4v) is 3.29. The summed E-state index contributed by atoms with van der Waals surface area (Å²) >= 11 is 0. The van der Waals surface area contributed by atoms with E-state index in [1.807, 2.05) is 0 Å². The van der Waals surface area contributed by atoms with Gasteiger partial charge in [0, 0.05) is 17.7 Å².